The first-order chi connectivity index (χ1) is 9.62. The molecule has 0 bridgehead atoms. The van der Waals surface area contributed by atoms with Gasteiger partial charge < -0.3 is 9.63 Å². The number of aliphatic hydroxyl groups is 1. The summed E-state index contributed by atoms with van der Waals surface area (Å²) < 4.78 is 5.41. The minimum atomic E-state index is -0.513. The summed E-state index contributed by atoms with van der Waals surface area (Å²) in [6.45, 7) is 4.65. The zero-order valence-corrected chi connectivity index (χ0v) is 12.5. The Morgan fingerprint density at radius 3 is 3.15 bits per heavy atom. The normalized spacial score (nSPS) is 24.7. The molecule has 0 aromatic carbocycles. The highest BCUT2D eigenvalue weighted by Crippen LogP contribution is 2.26. The van der Waals surface area contributed by atoms with Gasteiger partial charge in [0.25, 0.3) is 0 Å². The predicted octanol–water partition coefficient (Wildman–Crippen LogP) is 3.14. The van der Waals surface area contributed by atoms with Crippen molar-refractivity contribution in [3.8, 4) is 10.6 Å². The summed E-state index contributed by atoms with van der Waals surface area (Å²) >= 11 is 1.66. The summed E-state index contributed by atoms with van der Waals surface area (Å²) in [5.74, 6) is 0.844. The molecule has 0 amide bonds. The second kappa shape index (κ2) is 5.68. The summed E-state index contributed by atoms with van der Waals surface area (Å²) in [6, 6.07) is 6.08. The highest BCUT2D eigenvalue weighted by atomic mass is 32.1. The molecule has 20 heavy (non-hydrogen) atoms. The molecule has 108 valence electrons. The van der Waals surface area contributed by atoms with Gasteiger partial charge in [-0.2, -0.15) is 0 Å². The van der Waals surface area contributed by atoms with Gasteiger partial charge in [-0.25, -0.2) is 0 Å². The van der Waals surface area contributed by atoms with Gasteiger partial charge in [0.2, 0.25) is 0 Å². The van der Waals surface area contributed by atoms with Crippen molar-refractivity contribution in [1.82, 2.24) is 10.1 Å². The average molecular weight is 292 g/mol. The molecule has 0 aliphatic carbocycles. The van der Waals surface area contributed by atoms with E-state index in [4.69, 9.17) is 4.52 Å². The number of rotatable bonds is 3. The molecule has 4 nitrogen and oxygen atoms in total. The molecular weight excluding hydrogens is 272 g/mol. The largest absolute Gasteiger partial charge is 0.390 e. The van der Waals surface area contributed by atoms with E-state index in [0.717, 1.165) is 55.2 Å². The highest BCUT2D eigenvalue weighted by molar-refractivity contribution is 7.13. The number of hydrogen-bond donors (Lipinski definition) is 1. The molecule has 0 spiro atoms. The number of thiophene rings is 1. The van der Waals surface area contributed by atoms with E-state index in [1.807, 2.05) is 30.5 Å². The van der Waals surface area contributed by atoms with E-state index in [1.54, 1.807) is 11.3 Å². The van der Waals surface area contributed by atoms with Crippen LogP contribution in [-0.4, -0.2) is 33.9 Å². The van der Waals surface area contributed by atoms with Crippen molar-refractivity contribution in [3.05, 3.63) is 29.3 Å². The Morgan fingerprint density at radius 1 is 1.45 bits per heavy atom. The maximum Gasteiger partial charge on any atom is 0.177 e. The van der Waals surface area contributed by atoms with Crippen LogP contribution < -0.4 is 0 Å². The first-order valence-electron chi connectivity index (χ1n) is 7.07. The Kier molecular flexibility index (Phi) is 3.92. The van der Waals surface area contributed by atoms with Gasteiger partial charge in [-0.3, -0.25) is 4.90 Å². The zero-order chi connectivity index (χ0) is 14.0. The van der Waals surface area contributed by atoms with Crippen molar-refractivity contribution >= 4 is 11.3 Å². The van der Waals surface area contributed by atoms with Gasteiger partial charge in [-0.05, 0) is 44.2 Å². The molecule has 3 heterocycles. The SMILES string of the molecule is CC1(O)CCCN(Cc2cc(-c3cccs3)on2)CC1. The van der Waals surface area contributed by atoms with Crippen LogP contribution in [0, 0.1) is 0 Å². The van der Waals surface area contributed by atoms with Gasteiger partial charge in [-0.1, -0.05) is 11.2 Å². The van der Waals surface area contributed by atoms with Crippen molar-refractivity contribution in [1.29, 1.82) is 0 Å². The Balaban J connectivity index is 1.63. The fourth-order valence-corrected chi connectivity index (χ4v) is 3.30. The molecule has 1 saturated heterocycles. The molecule has 1 aliphatic rings. The lowest BCUT2D eigenvalue weighted by atomic mass is 9.98. The zero-order valence-electron chi connectivity index (χ0n) is 11.7. The van der Waals surface area contributed by atoms with Crippen molar-refractivity contribution in [2.24, 2.45) is 0 Å². The fraction of sp³-hybridized carbons (Fsp3) is 0.533. The number of likely N-dealkylation sites (tertiary alicyclic amines) is 1. The van der Waals surface area contributed by atoms with Gasteiger partial charge in [0, 0.05) is 19.2 Å². The minimum absolute atomic E-state index is 0.513. The van der Waals surface area contributed by atoms with E-state index in [9.17, 15) is 5.11 Å². The van der Waals surface area contributed by atoms with Crippen LogP contribution in [0.5, 0.6) is 0 Å². The molecule has 1 unspecified atom stereocenters. The summed E-state index contributed by atoms with van der Waals surface area (Å²) in [5.41, 5.74) is 0.454. The van der Waals surface area contributed by atoms with E-state index in [0.29, 0.717) is 0 Å². The van der Waals surface area contributed by atoms with Crippen LogP contribution in [0.15, 0.2) is 28.1 Å². The Hall–Kier alpha value is -1.17. The van der Waals surface area contributed by atoms with E-state index in [1.165, 1.54) is 0 Å². The highest BCUT2D eigenvalue weighted by Gasteiger charge is 2.25. The Bertz CT molecular complexity index is 548. The van der Waals surface area contributed by atoms with Crippen molar-refractivity contribution < 1.29 is 9.63 Å². The summed E-state index contributed by atoms with van der Waals surface area (Å²) in [6.07, 6.45) is 2.73. The van der Waals surface area contributed by atoms with Crippen LogP contribution in [0.2, 0.25) is 0 Å². The first-order valence-corrected chi connectivity index (χ1v) is 7.95. The predicted molar refractivity (Wildman–Crippen MR) is 79.6 cm³/mol. The smallest absolute Gasteiger partial charge is 0.177 e. The molecule has 1 atom stereocenters. The molecule has 5 heteroatoms. The van der Waals surface area contributed by atoms with Gasteiger partial charge >= 0.3 is 0 Å². The van der Waals surface area contributed by atoms with Crippen LogP contribution in [0.3, 0.4) is 0 Å². The van der Waals surface area contributed by atoms with Crippen molar-refractivity contribution in [2.75, 3.05) is 13.1 Å². The van der Waals surface area contributed by atoms with E-state index in [2.05, 4.69) is 10.1 Å². The maximum atomic E-state index is 10.1. The van der Waals surface area contributed by atoms with E-state index in [-0.39, 0.29) is 0 Å². The summed E-state index contributed by atoms with van der Waals surface area (Å²) in [5, 5.41) is 16.3. The molecule has 1 fully saturated rings. The van der Waals surface area contributed by atoms with Crippen LogP contribution in [0.4, 0.5) is 0 Å². The second-order valence-electron chi connectivity index (χ2n) is 5.79. The molecule has 1 aliphatic heterocycles. The quantitative estimate of drug-likeness (QED) is 0.944. The van der Waals surface area contributed by atoms with Gasteiger partial charge in [0.15, 0.2) is 5.76 Å². The monoisotopic (exact) mass is 292 g/mol. The fourth-order valence-electron chi connectivity index (χ4n) is 2.63. The number of nitrogens with zero attached hydrogens (tertiary/aromatic N) is 2. The molecule has 1 N–H and O–H groups in total. The van der Waals surface area contributed by atoms with Crippen LogP contribution in [0.25, 0.3) is 10.6 Å². The van der Waals surface area contributed by atoms with Crippen LogP contribution >= 0.6 is 11.3 Å². The Labute approximate surface area is 123 Å². The van der Waals surface area contributed by atoms with Gasteiger partial charge in [0.05, 0.1) is 16.2 Å². The molecule has 3 rings (SSSR count). The third kappa shape index (κ3) is 3.29. The number of hydrogen-bond acceptors (Lipinski definition) is 5. The third-order valence-corrected chi connectivity index (χ3v) is 4.75. The van der Waals surface area contributed by atoms with Crippen molar-refractivity contribution in [3.63, 3.8) is 0 Å². The maximum absolute atomic E-state index is 10.1. The Morgan fingerprint density at radius 2 is 2.35 bits per heavy atom. The van der Waals surface area contributed by atoms with Crippen LogP contribution in [-0.2, 0) is 6.54 Å². The molecule has 2 aromatic rings. The summed E-state index contributed by atoms with van der Waals surface area (Å²) in [4.78, 5) is 3.46. The third-order valence-electron chi connectivity index (χ3n) is 3.86. The lowest BCUT2D eigenvalue weighted by molar-refractivity contribution is 0.0443. The molecule has 0 saturated carbocycles. The first kappa shape index (κ1) is 13.8. The molecular formula is C15H20N2O2S. The van der Waals surface area contributed by atoms with E-state index < -0.39 is 5.60 Å². The molecule has 0 radical (unpaired) electrons. The summed E-state index contributed by atoms with van der Waals surface area (Å²) in [7, 11) is 0. The van der Waals surface area contributed by atoms with Gasteiger partial charge in [0.1, 0.15) is 0 Å². The lowest BCUT2D eigenvalue weighted by Crippen LogP contribution is -2.28. The van der Waals surface area contributed by atoms with Crippen LogP contribution in [0.1, 0.15) is 31.9 Å². The van der Waals surface area contributed by atoms with Crippen molar-refractivity contribution in [2.45, 2.75) is 38.3 Å². The average Bonchev–Trinajstić information content (AvgIpc) is 3.03. The van der Waals surface area contributed by atoms with Gasteiger partial charge in [-0.15, -0.1) is 11.3 Å². The van der Waals surface area contributed by atoms with E-state index >= 15 is 0 Å². The topological polar surface area (TPSA) is 49.5 Å². The number of aromatic nitrogens is 1. The second-order valence-corrected chi connectivity index (χ2v) is 6.73. The molecule has 2 aromatic heterocycles. The standard InChI is InChI=1S/C15H20N2O2S/c1-15(18)5-3-7-17(8-6-15)11-12-10-13(19-16-12)14-4-2-9-20-14/h2,4,9-10,18H,3,5-8,11H2,1H3. The lowest BCUT2D eigenvalue weighted by Gasteiger charge is -2.21. The minimum Gasteiger partial charge on any atom is -0.390 e.